The van der Waals surface area contributed by atoms with E-state index in [-0.39, 0.29) is 21.9 Å². The van der Waals surface area contributed by atoms with Gasteiger partial charge < -0.3 is 10.3 Å². The Morgan fingerprint density at radius 3 is 2.63 bits per heavy atom. The molecular weight excluding hydrogens is 386 g/mol. The lowest BCUT2D eigenvalue weighted by molar-refractivity contribution is 0.0951. The molecule has 1 aliphatic rings. The third-order valence-electron chi connectivity index (χ3n) is 4.69. The number of hydrogen-bond acceptors (Lipinski definition) is 5. The molecular formula is C18H23N3O4S2. The molecule has 0 radical (unpaired) electrons. The van der Waals surface area contributed by atoms with E-state index >= 15 is 0 Å². The number of hydrogen-bond donors (Lipinski definition) is 2. The molecule has 0 aromatic carbocycles. The van der Waals surface area contributed by atoms with Crippen LogP contribution in [0.25, 0.3) is 0 Å². The number of carbonyl (C=O) groups is 1. The van der Waals surface area contributed by atoms with Crippen molar-refractivity contribution in [3.8, 4) is 0 Å². The molecule has 146 valence electrons. The van der Waals surface area contributed by atoms with E-state index in [1.807, 2.05) is 6.07 Å². The van der Waals surface area contributed by atoms with Crippen molar-refractivity contribution in [1.82, 2.24) is 14.6 Å². The fourth-order valence-corrected chi connectivity index (χ4v) is 6.09. The number of nitrogens with one attached hydrogen (secondary N) is 2. The van der Waals surface area contributed by atoms with Gasteiger partial charge in [-0.25, -0.2) is 8.42 Å². The van der Waals surface area contributed by atoms with Gasteiger partial charge in [0.1, 0.15) is 9.77 Å². The molecule has 2 aromatic heterocycles. The molecule has 0 aliphatic carbocycles. The van der Waals surface area contributed by atoms with Crippen LogP contribution >= 0.6 is 11.3 Å². The number of sulfonamides is 1. The van der Waals surface area contributed by atoms with Gasteiger partial charge >= 0.3 is 0 Å². The standard InChI is InChI=1S/C18H23N3O4S2/c1-12-10-13(2)20-17(22)14(12)11-19-18(23)16-15(6-9-26-16)27(24,25)21-7-4-3-5-8-21/h6,9-10H,3-5,7-8,11H2,1-2H3,(H,19,23)(H,20,22). The van der Waals surface area contributed by atoms with Gasteiger partial charge in [0, 0.05) is 30.9 Å². The van der Waals surface area contributed by atoms with E-state index in [4.69, 9.17) is 0 Å². The highest BCUT2D eigenvalue weighted by atomic mass is 32.2. The van der Waals surface area contributed by atoms with Crippen molar-refractivity contribution in [2.24, 2.45) is 0 Å². The Labute approximate surface area is 162 Å². The highest BCUT2D eigenvalue weighted by Gasteiger charge is 2.31. The van der Waals surface area contributed by atoms with Gasteiger partial charge in [0.25, 0.3) is 11.5 Å². The van der Waals surface area contributed by atoms with Crippen LogP contribution in [-0.4, -0.2) is 36.7 Å². The fraction of sp³-hybridized carbons (Fsp3) is 0.444. The third-order valence-corrected chi connectivity index (χ3v) is 7.67. The van der Waals surface area contributed by atoms with Crippen LogP contribution in [0.15, 0.2) is 27.2 Å². The molecule has 1 aliphatic heterocycles. The second-order valence-corrected chi connectivity index (χ2v) is 9.53. The summed E-state index contributed by atoms with van der Waals surface area (Å²) < 4.78 is 27.2. The lowest BCUT2D eigenvalue weighted by Crippen LogP contribution is -2.36. The molecule has 1 saturated heterocycles. The van der Waals surface area contributed by atoms with Crippen molar-refractivity contribution >= 4 is 27.3 Å². The summed E-state index contributed by atoms with van der Waals surface area (Å²) in [6, 6.07) is 3.31. The van der Waals surface area contributed by atoms with Crippen LogP contribution in [0, 0.1) is 13.8 Å². The Kier molecular flexibility index (Phi) is 5.83. The predicted molar refractivity (Wildman–Crippen MR) is 105 cm³/mol. The minimum Gasteiger partial charge on any atom is -0.347 e. The van der Waals surface area contributed by atoms with Crippen LogP contribution in [0.1, 0.15) is 45.8 Å². The van der Waals surface area contributed by atoms with Gasteiger partial charge in [0.2, 0.25) is 10.0 Å². The molecule has 0 saturated carbocycles. The lowest BCUT2D eigenvalue weighted by atomic mass is 10.1. The third kappa shape index (κ3) is 4.15. The maximum atomic E-state index is 12.9. The highest BCUT2D eigenvalue weighted by molar-refractivity contribution is 7.89. The summed E-state index contributed by atoms with van der Waals surface area (Å²) in [7, 11) is -3.68. The summed E-state index contributed by atoms with van der Waals surface area (Å²) in [6.07, 6.45) is 2.69. The summed E-state index contributed by atoms with van der Waals surface area (Å²) in [5.74, 6) is -0.486. The normalized spacial score (nSPS) is 15.6. The first kappa shape index (κ1) is 19.8. The number of piperidine rings is 1. The number of thiophene rings is 1. The summed E-state index contributed by atoms with van der Waals surface area (Å²) >= 11 is 1.09. The average Bonchev–Trinajstić information content (AvgIpc) is 3.12. The first-order chi connectivity index (χ1) is 12.8. The quantitative estimate of drug-likeness (QED) is 0.790. The van der Waals surface area contributed by atoms with Gasteiger partial charge in [-0.3, -0.25) is 9.59 Å². The summed E-state index contributed by atoms with van der Waals surface area (Å²) in [5, 5.41) is 4.29. The lowest BCUT2D eigenvalue weighted by Gasteiger charge is -2.25. The maximum absolute atomic E-state index is 12.9. The molecule has 7 nitrogen and oxygen atoms in total. The number of aryl methyl sites for hydroxylation is 2. The van der Waals surface area contributed by atoms with Crippen LogP contribution < -0.4 is 10.9 Å². The Hall–Kier alpha value is -1.97. The first-order valence-corrected chi connectivity index (χ1v) is 11.2. The highest BCUT2D eigenvalue weighted by Crippen LogP contribution is 2.27. The molecule has 2 N–H and O–H groups in total. The molecule has 0 spiro atoms. The second kappa shape index (κ2) is 7.95. The SMILES string of the molecule is Cc1cc(C)c(CNC(=O)c2sccc2S(=O)(=O)N2CCCCC2)c(=O)[nH]1. The Bertz CT molecular complexity index is 1000. The molecule has 1 fully saturated rings. The predicted octanol–water partition coefficient (Wildman–Crippen LogP) is 2.16. The van der Waals surface area contributed by atoms with Crippen molar-refractivity contribution in [3.05, 3.63) is 49.6 Å². The Morgan fingerprint density at radius 1 is 1.26 bits per heavy atom. The molecule has 27 heavy (non-hydrogen) atoms. The zero-order valence-corrected chi connectivity index (χ0v) is 17.0. The van der Waals surface area contributed by atoms with Crippen molar-refractivity contribution < 1.29 is 13.2 Å². The first-order valence-electron chi connectivity index (χ1n) is 8.86. The number of H-pyrrole nitrogens is 1. The number of aromatic amines is 1. The van der Waals surface area contributed by atoms with E-state index in [0.717, 1.165) is 41.9 Å². The van der Waals surface area contributed by atoms with Crippen molar-refractivity contribution in [1.29, 1.82) is 0 Å². The van der Waals surface area contributed by atoms with Gasteiger partial charge in [0.05, 0.1) is 0 Å². The van der Waals surface area contributed by atoms with E-state index in [1.165, 1.54) is 10.4 Å². The molecule has 2 aromatic rings. The Morgan fingerprint density at radius 2 is 1.96 bits per heavy atom. The van der Waals surface area contributed by atoms with E-state index < -0.39 is 15.9 Å². The number of rotatable bonds is 5. The van der Waals surface area contributed by atoms with Gasteiger partial charge in [-0.15, -0.1) is 11.3 Å². The van der Waals surface area contributed by atoms with Gasteiger partial charge in [-0.2, -0.15) is 4.31 Å². The van der Waals surface area contributed by atoms with E-state index in [2.05, 4.69) is 10.3 Å². The molecule has 0 atom stereocenters. The minimum absolute atomic E-state index is 0.0430. The van der Waals surface area contributed by atoms with Crippen LogP contribution in [0.5, 0.6) is 0 Å². The summed E-state index contributed by atoms with van der Waals surface area (Å²) in [4.78, 5) is 27.6. The fourth-order valence-electron chi connectivity index (χ4n) is 3.26. The van der Waals surface area contributed by atoms with Crippen LogP contribution in [0.3, 0.4) is 0 Å². The van der Waals surface area contributed by atoms with Gasteiger partial charge in [-0.1, -0.05) is 6.42 Å². The largest absolute Gasteiger partial charge is 0.347 e. The zero-order chi connectivity index (χ0) is 19.6. The number of carbonyl (C=O) groups excluding carboxylic acids is 1. The van der Waals surface area contributed by atoms with Gasteiger partial charge in [0.15, 0.2) is 0 Å². The minimum atomic E-state index is -3.68. The maximum Gasteiger partial charge on any atom is 0.263 e. The number of aromatic nitrogens is 1. The average molecular weight is 410 g/mol. The number of amides is 1. The van der Waals surface area contributed by atoms with E-state index in [1.54, 1.807) is 19.2 Å². The smallest absolute Gasteiger partial charge is 0.263 e. The van der Waals surface area contributed by atoms with Crippen molar-refractivity contribution in [2.45, 2.75) is 44.6 Å². The molecule has 9 heteroatoms. The molecule has 0 unspecified atom stereocenters. The monoisotopic (exact) mass is 409 g/mol. The molecule has 0 bridgehead atoms. The topological polar surface area (TPSA) is 99.3 Å². The molecule has 3 rings (SSSR count). The number of pyridine rings is 1. The molecule has 1 amide bonds. The summed E-state index contributed by atoms with van der Waals surface area (Å²) in [5.41, 5.74) is 1.75. The van der Waals surface area contributed by atoms with Gasteiger partial charge in [-0.05, 0) is 49.8 Å². The Balaban J connectivity index is 1.79. The zero-order valence-electron chi connectivity index (χ0n) is 15.4. The number of nitrogens with zero attached hydrogens (tertiary/aromatic N) is 1. The van der Waals surface area contributed by atoms with E-state index in [0.29, 0.717) is 18.7 Å². The van der Waals surface area contributed by atoms with Crippen LogP contribution in [0.2, 0.25) is 0 Å². The van der Waals surface area contributed by atoms with Crippen molar-refractivity contribution in [2.75, 3.05) is 13.1 Å². The molecule has 3 heterocycles. The van der Waals surface area contributed by atoms with Crippen molar-refractivity contribution in [3.63, 3.8) is 0 Å². The van der Waals surface area contributed by atoms with E-state index in [9.17, 15) is 18.0 Å². The van der Waals surface area contributed by atoms with Crippen LogP contribution in [-0.2, 0) is 16.6 Å². The van der Waals surface area contributed by atoms with Crippen LogP contribution in [0.4, 0.5) is 0 Å². The second-order valence-electron chi connectivity index (χ2n) is 6.70. The summed E-state index contributed by atoms with van der Waals surface area (Å²) in [6.45, 7) is 4.61.